The molecule has 0 radical (unpaired) electrons. The number of unbranched alkanes of at least 4 members (excludes halogenated alkanes) is 1. The van der Waals surface area contributed by atoms with Crippen molar-refractivity contribution in [2.24, 2.45) is 11.7 Å². The molecule has 1 aliphatic rings. The quantitative estimate of drug-likeness (QED) is 0.780. The summed E-state index contributed by atoms with van der Waals surface area (Å²) in [6.07, 6.45) is 7.34. The molecule has 1 aliphatic heterocycles. The van der Waals surface area contributed by atoms with Gasteiger partial charge in [0, 0.05) is 0 Å². The molecule has 1 aromatic carbocycles. The van der Waals surface area contributed by atoms with E-state index >= 15 is 0 Å². The first kappa shape index (κ1) is 14.2. The third-order valence-electron chi connectivity index (χ3n) is 3.74. The van der Waals surface area contributed by atoms with E-state index < -0.39 is 0 Å². The first-order chi connectivity index (χ1) is 9.33. The van der Waals surface area contributed by atoms with E-state index in [2.05, 4.69) is 19.1 Å². The van der Waals surface area contributed by atoms with Crippen LogP contribution in [0.2, 0.25) is 0 Å². The molecule has 0 aromatic heterocycles. The normalized spacial score (nSPS) is 14.6. The van der Waals surface area contributed by atoms with Crippen LogP contribution in [0.25, 0.3) is 0 Å². The Morgan fingerprint density at radius 3 is 2.74 bits per heavy atom. The molecule has 1 aromatic rings. The van der Waals surface area contributed by atoms with E-state index in [0.717, 1.165) is 36.8 Å². The van der Waals surface area contributed by atoms with Gasteiger partial charge in [0.2, 0.25) is 6.79 Å². The second-order valence-corrected chi connectivity index (χ2v) is 5.33. The highest BCUT2D eigenvalue weighted by atomic mass is 16.7. The van der Waals surface area contributed by atoms with Crippen molar-refractivity contribution in [3.8, 4) is 11.5 Å². The minimum absolute atomic E-state index is 0.352. The van der Waals surface area contributed by atoms with Gasteiger partial charge in [-0.1, -0.05) is 32.3 Å². The zero-order valence-corrected chi connectivity index (χ0v) is 11.9. The predicted molar refractivity (Wildman–Crippen MR) is 77.6 cm³/mol. The smallest absolute Gasteiger partial charge is 0.231 e. The number of fused-ring (bicyclic) bond motifs is 1. The van der Waals surface area contributed by atoms with Gasteiger partial charge in [-0.05, 0) is 49.4 Å². The van der Waals surface area contributed by atoms with E-state index in [-0.39, 0.29) is 0 Å². The van der Waals surface area contributed by atoms with Crippen LogP contribution in [0, 0.1) is 5.92 Å². The van der Waals surface area contributed by atoms with Gasteiger partial charge >= 0.3 is 0 Å². The fourth-order valence-corrected chi connectivity index (χ4v) is 2.65. The van der Waals surface area contributed by atoms with Crippen molar-refractivity contribution in [3.63, 3.8) is 0 Å². The molecule has 0 saturated heterocycles. The average Bonchev–Trinajstić information content (AvgIpc) is 2.89. The lowest BCUT2D eigenvalue weighted by Crippen LogP contribution is -2.08. The van der Waals surface area contributed by atoms with Crippen LogP contribution in [-0.4, -0.2) is 13.3 Å². The lowest BCUT2D eigenvalue weighted by molar-refractivity contribution is 0.174. The molecule has 106 valence electrons. The number of rotatable bonds is 8. The maximum atomic E-state index is 5.64. The van der Waals surface area contributed by atoms with Gasteiger partial charge in [0.15, 0.2) is 11.5 Å². The molecule has 1 atom stereocenters. The Morgan fingerprint density at radius 1 is 1.16 bits per heavy atom. The molecule has 0 amide bonds. The zero-order chi connectivity index (χ0) is 13.5. The first-order valence-corrected chi connectivity index (χ1v) is 7.42. The van der Waals surface area contributed by atoms with E-state index in [1.165, 1.54) is 31.2 Å². The van der Waals surface area contributed by atoms with Gasteiger partial charge in [0.25, 0.3) is 0 Å². The molecule has 3 nitrogen and oxygen atoms in total. The third-order valence-corrected chi connectivity index (χ3v) is 3.74. The number of ether oxygens (including phenoxy) is 2. The molecule has 2 N–H and O–H groups in total. The first-order valence-electron chi connectivity index (χ1n) is 7.42. The van der Waals surface area contributed by atoms with Gasteiger partial charge in [-0.3, -0.25) is 0 Å². The molecular formula is C16H25NO2. The van der Waals surface area contributed by atoms with E-state index in [9.17, 15) is 0 Å². The lowest BCUT2D eigenvalue weighted by Gasteiger charge is -2.16. The van der Waals surface area contributed by atoms with E-state index in [0.29, 0.717) is 6.79 Å². The third kappa shape index (κ3) is 4.13. The van der Waals surface area contributed by atoms with E-state index in [1.807, 2.05) is 6.07 Å². The minimum Gasteiger partial charge on any atom is -0.454 e. The van der Waals surface area contributed by atoms with Crippen LogP contribution >= 0.6 is 0 Å². The molecule has 0 aliphatic carbocycles. The molecular weight excluding hydrogens is 238 g/mol. The van der Waals surface area contributed by atoms with Gasteiger partial charge in [0.05, 0.1) is 0 Å². The second kappa shape index (κ2) is 7.39. The molecule has 0 saturated carbocycles. The maximum Gasteiger partial charge on any atom is 0.231 e. The second-order valence-electron chi connectivity index (χ2n) is 5.33. The van der Waals surface area contributed by atoms with Gasteiger partial charge < -0.3 is 15.2 Å². The summed E-state index contributed by atoms with van der Waals surface area (Å²) in [6, 6.07) is 6.32. The Kier molecular flexibility index (Phi) is 5.52. The van der Waals surface area contributed by atoms with Crippen molar-refractivity contribution in [2.75, 3.05) is 13.3 Å². The van der Waals surface area contributed by atoms with Gasteiger partial charge in [-0.25, -0.2) is 0 Å². The Hall–Kier alpha value is -1.22. The van der Waals surface area contributed by atoms with Crippen LogP contribution in [0.1, 0.15) is 44.6 Å². The maximum absolute atomic E-state index is 5.64. The Morgan fingerprint density at radius 2 is 1.95 bits per heavy atom. The number of hydrogen-bond acceptors (Lipinski definition) is 3. The summed E-state index contributed by atoms with van der Waals surface area (Å²) in [5.41, 5.74) is 6.99. The summed E-state index contributed by atoms with van der Waals surface area (Å²) < 4.78 is 10.8. The molecule has 3 heteroatoms. The van der Waals surface area contributed by atoms with Crippen molar-refractivity contribution in [1.29, 1.82) is 0 Å². The van der Waals surface area contributed by atoms with Crippen molar-refractivity contribution >= 4 is 0 Å². The molecule has 0 fully saturated rings. The molecule has 2 rings (SSSR count). The molecule has 1 unspecified atom stereocenters. The van der Waals surface area contributed by atoms with E-state index in [4.69, 9.17) is 15.2 Å². The number of hydrogen-bond donors (Lipinski definition) is 1. The van der Waals surface area contributed by atoms with Crippen LogP contribution in [-0.2, 0) is 6.42 Å². The summed E-state index contributed by atoms with van der Waals surface area (Å²) in [4.78, 5) is 0. The monoisotopic (exact) mass is 263 g/mol. The van der Waals surface area contributed by atoms with Crippen LogP contribution in [0.15, 0.2) is 18.2 Å². The number of nitrogens with two attached hydrogens (primary N) is 1. The van der Waals surface area contributed by atoms with Crippen molar-refractivity contribution < 1.29 is 9.47 Å². The van der Waals surface area contributed by atoms with Crippen molar-refractivity contribution in [2.45, 2.75) is 45.4 Å². The fourth-order valence-electron chi connectivity index (χ4n) is 2.65. The predicted octanol–water partition coefficient (Wildman–Crippen LogP) is 3.50. The molecule has 19 heavy (non-hydrogen) atoms. The Balaban J connectivity index is 1.95. The average molecular weight is 263 g/mol. The summed E-state index contributed by atoms with van der Waals surface area (Å²) in [7, 11) is 0. The highest BCUT2D eigenvalue weighted by Crippen LogP contribution is 2.33. The topological polar surface area (TPSA) is 44.5 Å². The summed E-state index contributed by atoms with van der Waals surface area (Å²) in [5, 5.41) is 0. The minimum atomic E-state index is 0.352. The SMILES string of the molecule is CCCCC(CCCN)Cc1ccc2c(c1)OCO2. The standard InChI is InChI=1S/C16H25NO2/c1-2-3-5-13(6-4-9-17)10-14-7-8-15-16(11-14)19-12-18-15/h7-8,11,13H,2-6,9-10,12,17H2,1H3. The summed E-state index contributed by atoms with van der Waals surface area (Å²) in [6.45, 7) is 3.40. The van der Waals surface area contributed by atoms with Gasteiger partial charge in [-0.2, -0.15) is 0 Å². The molecule has 0 bridgehead atoms. The highest BCUT2D eigenvalue weighted by Gasteiger charge is 2.15. The van der Waals surface area contributed by atoms with Gasteiger partial charge in [-0.15, -0.1) is 0 Å². The fraction of sp³-hybridized carbons (Fsp3) is 0.625. The molecule has 0 spiro atoms. The van der Waals surface area contributed by atoms with Crippen molar-refractivity contribution in [3.05, 3.63) is 23.8 Å². The lowest BCUT2D eigenvalue weighted by atomic mass is 9.90. The largest absolute Gasteiger partial charge is 0.454 e. The molecule has 1 heterocycles. The highest BCUT2D eigenvalue weighted by molar-refractivity contribution is 5.44. The van der Waals surface area contributed by atoms with Crippen LogP contribution in [0.3, 0.4) is 0 Å². The Bertz CT molecular complexity index is 384. The van der Waals surface area contributed by atoms with Crippen LogP contribution < -0.4 is 15.2 Å². The number of benzene rings is 1. The van der Waals surface area contributed by atoms with Gasteiger partial charge in [0.1, 0.15) is 0 Å². The Labute approximate surface area is 116 Å². The summed E-state index contributed by atoms with van der Waals surface area (Å²) in [5.74, 6) is 2.50. The van der Waals surface area contributed by atoms with Crippen LogP contribution in [0.4, 0.5) is 0 Å². The van der Waals surface area contributed by atoms with E-state index in [1.54, 1.807) is 0 Å². The summed E-state index contributed by atoms with van der Waals surface area (Å²) >= 11 is 0. The van der Waals surface area contributed by atoms with Crippen LogP contribution in [0.5, 0.6) is 11.5 Å². The zero-order valence-electron chi connectivity index (χ0n) is 11.9. The van der Waals surface area contributed by atoms with Crippen molar-refractivity contribution in [1.82, 2.24) is 0 Å².